The van der Waals surface area contributed by atoms with Crippen LogP contribution in [0.1, 0.15) is 11.1 Å². The summed E-state index contributed by atoms with van der Waals surface area (Å²) in [5, 5.41) is 2.80. The van der Waals surface area contributed by atoms with Crippen LogP contribution in [0.3, 0.4) is 0 Å². The maximum Gasteiger partial charge on any atom is 0.462 e. The van der Waals surface area contributed by atoms with E-state index in [-0.39, 0.29) is 23.7 Å². The molecule has 0 aromatic heterocycles. The first-order chi connectivity index (χ1) is 14.3. The summed E-state index contributed by atoms with van der Waals surface area (Å²) in [5.41, 5.74) is 1.23. The van der Waals surface area contributed by atoms with E-state index >= 15 is 0 Å². The number of hydrazone groups is 1. The van der Waals surface area contributed by atoms with Gasteiger partial charge in [0.1, 0.15) is 12.4 Å². The summed E-state index contributed by atoms with van der Waals surface area (Å²) in [6.45, 7) is 0.0420. The van der Waals surface area contributed by atoms with E-state index in [0.29, 0.717) is 20.8 Å². The molecule has 0 saturated carbocycles. The van der Waals surface area contributed by atoms with E-state index in [4.69, 9.17) is 9.47 Å². The number of rotatable bonds is 8. The minimum absolute atomic E-state index is 0.0420. The Labute approximate surface area is 184 Å². The van der Waals surface area contributed by atoms with Crippen LogP contribution in [-0.4, -0.2) is 31.5 Å². The number of benzene rings is 2. The third-order valence-corrected chi connectivity index (χ3v) is 4.52. The van der Waals surface area contributed by atoms with Gasteiger partial charge in [-0.15, -0.1) is 0 Å². The molecule has 0 bridgehead atoms. The Hall–Kier alpha value is -2.32. The van der Waals surface area contributed by atoms with Gasteiger partial charge in [0.05, 0.1) is 16.9 Å². The number of nitrogens with zero attached hydrogens (tertiary/aromatic N) is 1. The number of ether oxygens (including phenoxy) is 2. The third kappa shape index (κ3) is 5.89. The smallest absolute Gasteiger partial charge is 0.462 e. The lowest BCUT2D eigenvalue weighted by Gasteiger charge is -2.27. The van der Waals surface area contributed by atoms with Crippen LogP contribution >= 0.6 is 22.6 Å². The van der Waals surface area contributed by atoms with Crippen molar-refractivity contribution in [2.75, 3.05) is 7.11 Å². The monoisotopic (exact) mass is 568 g/mol. The summed E-state index contributed by atoms with van der Waals surface area (Å²) in [7, 11) is 1.27. The van der Waals surface area contributed by atoms with Gasteiger partial charge in [-0.1, -0.05) is 12.1 Å². The van der Waals surface area contributed by atoms with E-state index in [1.54, 1.807) is 0 Å². The predicted molar refractivity (Wildman–Crippen MR) is 103 cm³/mol. The second-order valence-electron chi connectivity index (χ2n) is 5.97. The van der Waals surface area contributed by atoms with E-state index in [2.05, 4.69) is 5.10 Å². The van der Waals surface area contributed by atoms with Crippen LogP contribution in [0.25, 0.3) is 0 Å². The quantitative estimate of drug-likeness (QED) is 0.146. The first-order valence-electron chi connectivity index (χ1n) is 8.16. The van der Waals surface area contributed by atoms with Crippen molar-refractivity contribution >= 4 is 28.8 Å². The van der Waals surface area contributed by atoms with Crippen molar-refractivity contribution < 1.29 is 44.6 Å². The normalized spacial score (nSPS) is 12.8. The van der Waals surface area contributed by atoms with Crippen LogP contribution in [0.5, 0.6) is 11.5 Å². The molecule has 0 unspecified atom stereocenters. The Kier molecular flexibility index (Phi) is 7.60. The van der Waals surface area contributed by atoms with Crippen molar-refractivity contribution in [2.24, 2.45) is 5.10 Å². The highest BCUT2D eigenvalue weighted by molar-refractivity contribution is 14.1. The van der Waals surface area contributed by atoms with Gasteiger partial charge in [-0.2, -0.15) is 35.8 Å². The highest BCUT2D eigenvalue weighted by Gasteiger charge is 2.73. The minimum Gasteiger partial charge on any atom is -0.493 e. The van der Waals surface area contributed by atoms with Gasteiger partial charge in [-0.05, 0) is 58.0 Å². The van der Waals surface area contributed by atoms with Crippen LogP contribution in [0.2, 0.25) is 0 Å². The largest absolute Gasteiger partial charge is 0.493 e. The van der Waals surface area contributed by atoms with Gasteiger partial charge in [-0.3, -0.25) is 0 Å². The number of alkyl halides is 7. The molecule has 0 aliphatic heterocycles. The van der Waals surface area contributed by atoms with Crippen molar-refractivity contribution in [1.82, 2.24) is 5.43 Å². The van der Waals surface area contributed by atoms with E-state index < -0.39 is 24.0 Å². The molecule has 4 nitrogen and oxygen atoms in total. The molecule has 170 valence electrons. The molecule has 0 amide bonds. The molecule has 2 aromatic carbocycles. The maximum atomic E-state index is 13.2. The molecular weight excluding hydrogens is 555 g/mol. The highest BCUT2D eigenvalue weighted by atomic mass is 127. The minimum atomic E-state index is -6.47. The molecule has 0 saturated heterocycles. The van der Waals surface area contributed by atoms with Gasteiger partial charge in [0.2, 0.25) is 0 Å². The lowest BCUT2D eigenvalue weighted by molar-refractivity contribution is -0.361. The standard InChI is InChI=1S/C18H13F8IN2O2/c1-30-14-7-11(8-28-29-18(25,26)16(20,21)17(22,23)24)6-13(27)15(14)31-9-10-2-4-12(19)5-3-10/h2-8,29H,9H2,1H3/b28-8+. The van der Waals surface area contributed by atoms with Gasteiger partial charge in [-0.25, -0.2) is 9.82 Å². The van der Waals surface area contributed by atoms with Gasteiger partial charge >= 0.3 is 18.1 Å². The fraction of sp³-hybridized carbons (Fsp3) is 0.278. The average molecular weight is 568 g/mol. The Morgan fingerprint density at radius 3 is 2.19 bits per heavy atom. The zero-order chi connectivity index (χ0) is 23.4. The van der Waals surface area contributed by atoms with Crippen LogP contribution in [0.15, 0.2) is 41.5 Å². The van der Waals surface area contributed by atoms with Crippen molar-refractivity contribution in [3.63, 3.8) is 0 Å². The molecule has 0 radical (unpaired) electrons. The summed E-state index contributed by atoms with van der Waals surface area (Å²) in [6.07, 6.45) is -5.85. The van der Waals surface area contributed by atoms with Crippen LogP contribution in [0.4, 0.5) is 35.1 Å². The van der Waals surface area contributed by atoms with Gasteiger partial charge < -0.3 is 9.47 Å². The van der Waals surface area contributed by atoms with Crippen molar-refractivity contribution in [3.8, 4) is 11.5 Å². The Morgan fingerprint density at radius 1 is 1.03 bits per heavy atom. The molecule has 2 aromatic rings. The summed E-state index contributed by atoms with van der Waals surface area (Å²) in [5.74, 6) is -6.40. The van der Waals surface area contributed by atoms with Crippen LogP contribution in [-0.2, 0) is 6.61 Å². The zero-order valence-electron chi connectivity index (χ0n) is 15.4. The van der Waals surface area contributed by atoms with E-state index in [1.165, 1.54) is 43.5 Å². The van der Waals surface area contributed by atoms with Crippen LogP contribution < -0.4 is 14.9 Å². The topological polar surface area (TPSA) is 42.8 Å². The lowest BCUT2D eigenvalue weighted by atomic mass is 10.2. The molecule has 2 rings (SSSR count). The molecular formula is C18H13F8IN2O2. The molecule has 31 heavy (non-hydrogen) atoms. The highest BCUT2D eigenvalue weighted by Crippen LogP contribution is 2.45. The summed E-state index contributed by atoms with van der Waals surface area (Å²) in [6, 6.07) is 2.40. The van der Waals surface area contributed by atoms with Crippen LogP contribution in [0, 0.1) is 9.39 Å². The number of halogens is 9. The van der Waals surface area contributed by atoms with Gasteiger partial charge in [0.25, 0.3) is 0 Å². The second kappa shape index (κ2) is 9.44. The summed E-state index contributed by atoms with van der Waals surface area (Å²) >= 11 is 1.81. The molecule has 0 atom stereocenters. The van der Waals surface area contributed by atoms with Gasteiger partial charge in [0, 0.05) is 0 Å². The van der Waals surface area contributed by atoms with Crippen molar-refractivity contribution in [3.05, 3.63) is 56.9 Å². The molecule has 1 N–H and O–H groups in total. The summed E-state index contributed by atoms with van der Waals surface area (Å²) in [4.78, 5) is 0. The van der Waals surface area contributed by atoms with Crippen molar-refractivity contribution in [1.29, 1.82) is 0 Å². The first kappa shape index (κ1) is 24.9. The van der Waals surface area contributed by atoms with E-state index in [0.717, 1.165) is 0 Å². The fourth-order valence-electron chi connectivity index (χ4n) is 2.13. The SMILES string of the molecule is COc1cc(/C=N/NC(F)(F)C(F)(F)C(F)(F)F)cc(I)c1OCc1ccc(F)cc1. The Morgan fingerprint density at radius 2 is 1.65 bits per heavy atom. The van der Waals surface area contributed by atoms with Crippen molar-refractivity contribution in [2.45, 2.75) is 24.8 Å². The predicted octanol–water partition coefficient (Wildman–Crippen LogP) is 5.73. The number of methoxy groups -OCH3 is 1. The average Bonchev–Trinajstić information content (AvgIpc) is 2.67. The van der Waals surface area contributed by atoms with E-state index in [1.807, 2.05) is 22.6 Å². The Balaban J connectivity index is 2.16. The molecule has 0 fully saturated rings. The lowest BCUT2D eigenvalue weighted by Crippen LogP contribution is -2.58. The zero-order valence-corrected chi connectivity index (χ0v) is 17.6. The third-order valence-electron chi connectivity index (χ3n) is 3.72. The van der Waals surface area contributed by atoms with Gasteiger partial charge in [0.15, 0.2) is 11.5 Å². The molecule has 0 heterocycles. The number of hydrogen-bond donors (Lipinski definition) is 1. The summed E-state index contributed by atoms with van der Waals surface area (Å²) < 4.78 is 113. The Bertz CT molecular complexity index is 933. The van der Waals surface area contributed by atoms with E-state index in [9.17, 15) is 35.1 Å². The molecule has 0 aliphatic rings. The maximum absolute atomic E-state index is 13.2. The molecule has 0 aliphatic carbocycles. The first-order valence-corrected chi connectivity index (χ1v) is 9.23. The number of hydrogen-bond acceptors (Lipinski definition) is 4. The molecule has 0 spiro atoms. The number of nitrogens with one attached hydrogen (secondary N) is 1. The molecule has 13 heteroatoms. The fourth-order valence-corrected chi connectivity index (χ4v) is 2.91. The second-order valence-corrected chi connectivity index (χ2v) is 7.13.